The van der Waals surface area contributed by atoms with Crippen LogP contribution in [0.1, 0.15) is 31.0 Å². The maximum Gasteiger partial charge on any atom is 0.408 e. The Labute approximate surface area is 144 Å². The van der Waals surface area contributed by atoms with Crippen LogP contribution in [0.4, 0.5) is 4.79 Å². The van der Waals surface area contributed by atoms with E-state index in [1.165, 1.54) is 0 Å². The van der Waals surface area contributed by atoms with Gasteiger partial charge in [0, 0.05) is 14.8 Å². The minimum atomic E-state index is -0.519. The van der Waals surface area contributed by atoms with Crippen molar-refractivity contribution in [3.63, 3.8) is 0 Å². The molecule has 0 aliphatic rings. The molecule has 1 aromatic carbocycles. The molecule has 0 aliphatic carbocycles. The number of hydrogen-bond acceptors (Lipinski definition) is 4. The predicted octanol–water partition coefficient (Wildman–Crippen LogP) is 5.72. The molecule has 1 heterocycles. The Morgan fingerprint density at radius 3 is 2.50 bits per heavy atom. The first-order valence-electron chi connectivity index (χ1n) is 6.79. The van der Waals surface area contributed by atoms with Crippen LogP contribution >= 0.6 is 34.7 Å². The Kier molecular flexibility index (Phi) is 5.78. The first-order chi connectivity index (χ1) is 10.3. The van der Waals surface area contributed by atoms with Crippen LogP contribution in [-0.2, 0) is 4.74 Å². The Morgan fingerprint density at radius 2 is 1.95 bits per heavy atom. The number of alkyl carbamates (subject to hydrolysis) is 1. The number of rotatable bonds is 4. The van der Waals surface area contributed by atoms with E-state index in [2.05, 4.69) is 5.32 Å². The molecule has 0 saturated carbocycles. The van der Waals surface area contributed by atoms with Crippen LogP contribution in [-0.4, -0.2) is 11.7 Å². The molecule has 0 unspecified atom stereocenters. The average Bonchev–Trinajstić information content (AvgIpc) is 2.92. The molecule has 22 heavy (non-hydrogen) atoms. The van der Waals surface area contributed by atoms with Gasteiger partial charge in [-0.25, -0.2) is 4.79 Å². The van der Waals surface area contributed by atoms with E-state index in [1.54, 1.807) is 23.1 Å². The van der Waals surface area contributed by atoms with Crippen molar-refractivity contribution in [2.45, 2.75) is 36.6 Å². The van der Waals surface area contributed by atoms with Crippen LogP contribution in [0.5, 0.6) is 0 Å². The molecule has 6 heteroatoms. The fourth-order valence-electron chi connectivity index (χ4n) is 1.66. The van der Waals surface area contributed by atoms with Crippen molar-refractivity contribution in [1.29, 1.82) is 0 Å². The van der Waals surface area contributed by atoms with E-state index >= 15 is 0 Å². The topological polar surface area (TPSA) is 38.3 Å². The molecule has 0 bridgehead atoms. The Morgan fingerprint density at radius 1 is 1.27 bits per heavy atom. The van der Waals surface area contributed by atoms with Crippen LogP contribution in [0, 0.1) is 0 Å². The highest BCUT2D eigenvalue weighted by molar-refractivity contribution is 7.99. The van der Waals surface area contributed by atoms with Gasteiger partial charge >= 0.3 is 6.09 Å². The Bertz CT molecular complexity index is 606. The van der Waals surface area contributed by atoms with Gasteiger partial charge in [-0.15, -0.1) is 11.3 Å². The molecule has 1 atom stereocenters. The predicted molar refractivity (Wildman–Crippen MR) is 93.7 cm³/mol. The van der Waals surface area contributed by atoms with Crippen molar-refractivity contribution >= 4 is 40.8 Å². The summed E-state index contributed by atoms with van der Waals surface area (Å²) >= 11 is 9.05. The number of benzene rings is 1. The molecule has 2 aromatic rings. The SMILES string of the molecule is CC(C)(C)OC(=O)N[C@H](Sc1ccc(Cl)cc1)c1cccs1. The summed E-state index contributed by atoms with van der Waals surface area (Å²) in [6, 6.07) is 11.5. The van der Waals surface area contributed by atoms with Gasteiger partial charge in [-0.05, 0) is 56.5 Å². The number of carbonyl (C=O) groups excluding carboxylic acids is 1. The van der Waals surface area contributed by atoms with E-state index in [-0.39, 0.29) is 5.37 Å². The summed E-state index contributed by atoms with van der Waals surface area (Å²) in [7, 11) is 0. The van der Waals surface area contributed by atoms with Crippen molar-refractivity contribution in [2.75, 3.05) is 0 Å². The highest BCUT2D eigenvalue weighted by Gasteiger charge is 2.22. The van der Waals surface area contributed by atoms with Gasteiger partial charge in [0.25, 0.3) is 0 Å². The summed E-state index contributed by atoms with van der Waals surface area (Å²) in [6.07, 6.45) is -0.424. The lowest BCUT2D eigenvalue weighted by Crippen LogP contribution is -2.33. The second-order valence-electron chi connectivity index (χ2n) is 5.61. The molecule has 0 fully saturated rings. The van der Waals surface area contributed by atoms with Gasteiger partial charge in [0.2, 0.25) is 0 Å². The monoisotopic (exact) mass is 355 g/mol. The lowest BCUT2D eigenvalue weighted by atomic mass is 10.2. The highest BCUT2D eigenvalue weighted by Crippen LogP contribution is 2.36. The molecule has 3 nitrogen and oxygen atoms in total. The molecule has 1 N–H and O–H groups in total. The summed E-state index contributed by atoms with van der Waals surface area (Å²) in [5.41, 5.74) is -0.519. The van der Waals surface area contributed by atoms with Gasteiger partial charge in [0.05, 0.1) is 0 Å². The number of nitrogens with one attached hydrogen (secondary N) is 1. The van der Waals surface area contributed by atoms with E-state index in [0.29, 0.717) is 5.02 Å². The minimum Gasteiger partial charge on any atom is -0.444 e. The van der Waals surface area contributed by atoms with Gasteiger partial charge < -0.3 is 10.1 Å². The molecular weight excluding hydrogens is 338 g/mol. The zero-order chi connectivity index (χ0) is 16.2. The molecule has 2 rings (SSSR count). The van der Waals surface area contributed by atoms with E-state index < -0.39 is 11.7 Å². The number of halogens is 1. The van der Waals surface area contributed by atoms with Crippen LogP contribution < -0.4 is 5.32 Å². The normalized spacial score (nSPS) is 12.7. The highest BCUT2D eigenvalue weighted by atomic mass is 35.5. The van der Waals surface area contributed by atoms with Crippen molar-refractivity contribution in [2.24, 2.45) is 0 Å². The second kappa shape index (κ2) is 7.40. The number of carbonyl (C=O) groups is 1. The Balaban J connectivity index is 2.10. The van der Waals surface area contributed by atoms with E-state index in [1.807, 2.05) is 62.5 Å². The van der Waals surface area contributed by atoms with Gasteiger partial charge in [0.15, 0.2) is 0 Å². The Hall–Kier alpha value is -1.17. The molecule has 118 valence electrons. The molecule has 0 radical (unpaired) electrons. The van der Waals surface area contributed by atoms with Crippen LogP contribution in [0.15, 0.2) is 46.7 Å². The zero-order valence-electron chi connectivity index (χ0n) is 12.6. The summed E-state index contributed by atoms with van der Waals surface area (Å²) in [5.74, 6) is 0. The van der Waals surface area contributed by atoms with Crippen LogP contribution in [0.3, 0.4) is 0 Å². The maximum atomic E-state index is 12.0. The number of thiophene rings is 1. The molecular formula is C16H18ClNO2S2. The molecule has 0 spiro atoms. The number of thioether (sulfide) groups is 1. The third kappa shape index (κ3) is 5.55. The lowest BCUT2D eigenvalue weighted by molar-refractivity contribution is 0.0522. The fraction of sp³-hybridized carbons (Fsp3) is 0.312. The van der Waals surface area contributed by atoms with Gasteiger partial charge in [-0.2, -0.15) is 0 Å². The van der Waals surface area contributed by atoms with E-state index in [9.17, 15) is 4.79 Å². The van der Waals surface area contributed by atoms with Crippen molar-refractivity contribution in [3.8, 4) is 0 Å². The maximum absolute atomic E-state index is 12.0. The minimum absolute atomic E-state index is 0.198. The lowest BCUT2D eigenvalue weighted by Gasteiger charge is -2.23. The number of amides is 1. The standard InChI is InChI=1S/C16H18ClNO2S2/c1-16(2,3)20-15(19)18-14(13-5-4-10-21-13)22-12-8-6-11(17)7-9-12/h4-10,14H,1-3H3,(H,18,19)/t14-/m1/s1. The quantitative estimate of drug-likeness (QED) is 0.563. The number of hydrogen-bond donors (Lipinski definition) is 1. The molecule has 0 aliphatic heterocycles. The zero-order valence-corrected chi connectivity index (χ0v) is 15.0. The summed E-state index contributed by atoms with van der Waals surface area (Å²) in [5, 5.41) is 5.40. The van der Waals surface area contributed by atoms with Gasteiger partial charge in [-0.1, -0.05) is 29.4 Å². The van der Waals surface area contributed by atoms with Gasteiger partial charge in [0.1, 0.15) is 11.0 Å². The van der Waals surface area contributed by atoms with E-state index in [4.69, 9.17) is 16.3 Å². The third-order valence-corrected chi connectivity index (χ3v) is 5.01. The summed E-state index contributed by atoms with van der Waals surface area (Å²) in [6.45, 7) is 5.54. The molecule has 1 aromatic heterocycles. The first-order valence-corrected chi connectivity index (χ1v) is 8.92. The third-order valence-electron chi connectivity index (χ3n) is 2.52. The molecule has 0 saturated heterocycles. The first kappa shape index (κ1) is 17.2. The van der Waals surface area contributed by atoms with Crippen LogP contribution in [0.25, 0.3) is 0 Å². The van der Waals surface area contributed by atoms with Crippen LogP contribution in [0.2, 0.25) is 5.02 Å². The van der Waals surface area contributed by atoms with Crippen molar-refractivity contribution < 1.29 is 9.53 Å². The number of ether oxygens (including phenoxy) is 1. The summed E-state index contributed by atoms with van der Waals surface area (Å²) < 4.78 is 5.34. The molecule has 1 amide bonds. The van der Waals surface area contributed by atoms with Crippen molar-refractivity contribution in [1.82, 2.24) is 5.32 Å². The summed E-state index contributed by atoms with van der Waals surface area (Å²) in [4.78, 5) is 14.1. The second-order valence-corrected chi connectivity index (χ2v) is 8.21. The smallest absolute Gasteiger partial charge is 0.408 e. The average molecular weight is 356 g/mol. The van der Waals surface area contributed by atoms with E-state index in [0.717, 1.165) is 9.77 Å². The van der Waals surface area contributed by atoms with Crippen molar-refractivity contribution in [3.05, 3.63) is 51.7 Å². The largest absolute Gasteiger partial charge is 0.444 e. The fourth-order valence-corrected chi connectivity index (χ4v) is 3.67. The van der Waals surface area contributed by atoms with Gasteiger partial charge in [-0.3, -0.25) is 0 Å².